The van der Waals surface area contributed by atoms with Gasteiger partial charge in [0.2, 0.25) is 0 Å². The molecule has 8 aromatic rings. The van der Waals surface area contributed by atoms with Gasteiger partial charge in [0.25, 0.3) is 0 Å². The Morgan fingerprint density at radius 2 is 1.07 bits per heavy atom. The lowest BCUT2D eigenvalue weighted by Crippen LogP contribution is -2.18. The van der Waals surface area contributed by atoms with E-state index in [0.717, 1.165) is 78.5 Å². The number of pyridine rings is 1. The van der Waals surface area contributed by atoms with Gasteiger partial charge in [0.05, 0.1) is 22.7 Å². The van der Waals surface area contributed by atoms with Crippen LogP contribution in [0.4, 0.5) is 34.3 Å². The van der Waals surface area contributed by atoms with Crippen LogP contribution >= 0.6 is 15.9 Å². The number of nitrogens with zero attached hydrogens (tertiary/aromatic N) is 3. The number of aryl methyl sites for hydroxylation is 1. The zero-order valence-electron chi connectivity index (χ0n) is 32.7. The minimum absolute atomic E-state index is 0.0161. The molecule has 0 unspecified atom stereocenters. The smallest absolute Gasteiger partial charge is 0.137 e. The van der Waals surface area contributed by atoms with Crippen LogP contribution in [0.15, 0.2) is 187 Å². The molecular formula is C53H44BrN3. The molecule has 1 aliphatic heterocycles. The van der Waals surface area contributed by atoms with Crippen LogP contribution in [0, 0.1) is 6.92 Å². The third-order valence-electron chi connectivity index (χ3n) is 11.0. The van der Waals surface area contributed by atoms with E-state index in [9.17, 15) is 0 Å². The summed E-state index contributed by atoms with van der Waals surface area (Å²) >= 11 is 3.71. The van der Waals surface area contributed by atoms with Crippen LogP contribution in [0.3, 0.4) is 0 Å². The van der Waals surface area contributed by atoms with Gasteiger partial charge in [-0.25, -0.2) is 4.98 Å². The molecule has 0 saturated carbocycles. The number of hydrogen-bond donors (Lipinski definition) is 0. The normalized spacial score (nSPS) is 12.3. The van der Waals surface area contributed by atoms with E-state index in [0.29, 0.717) is 0 Å². The molecule has 0 aliphatic carbocycles. The minimum Gasteiger partial charge on any atom is -0.309 e. The largest absolute Gasteiger partial charge is 0.309 e. The Morgan fingerprint density at radius 3 is 1.70 bits per heavy atom. The number of para-hydroxylation sites is 3. The number of aromatic nitrogens is 1. The fraction of sp³-hybridized carbons (Fsp3) is 0.113. The first-order valence-corrected chi connectivity index (χ1v) is 20.4. The zero-order valence-corrected chi connectivity index (χ0v) is 34.3. The molecule has 2 heterocycles. The molecule has 3 nitrogen and oxygen atoms in total. The summed E-state index contributed by atoms with van der Waals surface area (Å²) < 4.78 is 1.08. The summed E-state index contributed by atoms with van der Waals surface area (Å²) in [5.74, 6) is 0.866. The fourth-order valence-corrected chi connectivity index (χ4v) is 8.60. The molecule has 0 saturated heterocycles. The second-order valence-corrected chi connectivity index (χ2v) is 16.8. The predicted molar refractivity (Wildman–Crippen MR) is 244 cm³/mol. The summed E-state index contributed by atoms with van der Waals surface area (Å²) in [5, 5.41) is 0. The molecule has 278 valence electrons. The van der Waals surface area contributed by atoms with E-state index in [2.05, 4.69) is 229 Å². The highest BCUT2D eigenvalue weighted by Crippen LogP contribution is 2.52. The van der Waals surface area contributed by atoms with Crippen LogP contribution in [-0.4, -0.2) is 4.98 Å². The van der Waals surface area contributed by atoms with Gasteiger partial charge in [-0.15, -0.1) is 0 Å². The van der Waals surface area contributed by atoms with Gasteiger partial charge in [-0.2, -0.15) is 0 Å². The molecule has 1 aromatic heterocycles. The second kappa shape index (κ2) is 15.0. The molecule has 0 spiro atoms. The van der Waals surface area contributed by atoms with Gasteiger partial charge in [-0.1, -0.05) is 158 Å². The van der Waals surface area contributed by atoms with Crippen LogP contribution < -0.4 is 9.80 Å². The van der Waals surface area contributed by atoms with E-state index in [4.69, 9.17) is 4.98 Å². The van der Waals surface area contributed by atoms with Gasteiger partial charge in [0.1, 0.15) is 5.82 Å². The van der Waals surface area contributed by atoms with Crippen LogP contribution in [0.25, 0.3) is 33.4 Å². The highest BCUT2D eigenvalue weighted by molar-refractivity contribution is 9.10. The number of benzene rings is 7. The monoisotopic (exact) mass is 801 g/mol. The molecule has 0 amide bonds. The Hall–Kier alpha value is -6.23. The lowest BCUT2D eigenvalue weighted by molar-refractivity contribution is 0.590. The molecule has 0 N–H and O–H groups in total. The lowest BCUT2D eigenvalue weighted by Gasteiger charge is -2.35. The summed E-state index contributed by atoms with van der Waals surface area (Å²) in [6.07, 6.45) is 2.83. The average molecular weight is 803 g/mol. The van der Waals surface area contributed by atoms with E-state index in [1.54, 1.807) is 0 Å². The molecule has 0 bridgehead atoms. The van der Waals surface area contributed by atoms with Crippen molar-refractivity contribution < 1.29 is 0 Å². The standard InChI is InChI=1S/C53H44BrN3/c1-36-30-52(55-35-47(36)39-17-6-5-7-18-39)57-50-27-13-10-23-44(50)43-22-8-11-25-48(43)56(42-21-15-19-40(34-42)53(2,3)4)49-26-12-9-24-45(49)46-29-28-38(33-51(46)57)31-37-16-14-20-41(54)32-37/h5-30,32-35H,31H2,1-4H3. The maximum atomic E-state index is 5.31. The Morgan fingerprint density at radius 1 is 0.491 bits per heavy atom. The Bertz CT molecular complexity index is 2750. The van der Waals surface area contributed by atoms with Crippen LogP contribution in [-0.2, 0) is 11.8 Å². The quantitative estimate of drug-likeness (QED) is 0.173. The number of rotatable bonds is 5. The third-order valence-corrected chi connectivity index (χ3v) is 11.5. The van der Waals surface area contributed by atoms with Crippen molar-refractivity contribution in [2.24, 2.45) is 0 Å². The first kappa shape index (κ1) is 36.4. The van der Waals surface area contributed by atoms with E-state index in [1.165, 1.54) is 22.3 Å². The van der Waals surface area contributed by atoms with Gasteiger partial charge < -0.3 is 4.90 Å². The molecule has 57 heavy (non-hydrogen) atoms. The Balaban J connectivity index is 1.36. The average Bonchev–Trinajstić information content (AvgIpc) is 3.22. The maximum absolute atomic E-state index is 5.31. The van der Waals surface area contributed by atoms with Crippen molar-refractivity contribution in [1.82, 2.24) is 4.98 Å². The zero-order chi connectivity index (χ0) is 39.1. The van der Waals surface area contributed by atoms with E-state index in [1.807, 2.05) is 6.20 Å². The van der Waals surface area contributed by atoms with Crippen molar-refractivity contribution in [3.63, 3.8) is 0 Å². The SMILES string of the molecule is Cc1cc(N2c3ccccc3-c3ccccc3N(c3cccc(C(C)(C)C)c3)c3ccccc3-c3ccc(Cc4cccc(Br)c4)cc32)ncc1-c1ccccc1. The van der Waals surface area contributed by atoms with Crippen LogP contribution in [0.5, 0.6) is 0 Å². The number of fused-ring (bicyclic) bond motifs is 6. The summed E-state index contributed by atoms with van der Waals surface area (Å²) in [6.45, 7) is 9.04. The van der Waals surface area contributed by atoms with Crippen molar-refractivity contribution in [2.45, 2.75) is 39.5 Å². The minimum atomic E-state index is -0.0161. The van der Waals surface area contributed by atoms with Crippen LogP contribution in [0.2, 0.25) is 0 Å². The molecule has 7 aromatic carbocycles. The van der Waals surface area contributed by atoms with Gasteiger partial charge in [0.15, 0.2) is 0 Å². The van der Waals surface area contributed by atoms with Gasteiger partial charge in [-0.3, -0.25) is 4.90 Å². The Labute approximate surface area is 345 Å². The maximum Gasteiger partial charge on any atom is 0.137 e. The van der Waals surface area contributed by atoms with E-state index in [-0.39, 0.29) is 5.41 Å². The molecule has 0 fully saturated rings. The highest BCUT2D eigenvalue weighted by Gasteiger charge is 2.29. The van der Waals surface area contributed by atoms with Gasteiger partial charge in [-0.05, 0) is 101 Å². The van der Waals surface area contributed by atoms with Crippen molar-refractivity contribution in [2.75, 3.05) is 9.80 Å². The first-order chi connectivity index (χ1) is 27.7. The summed E-state index contributed by atoms with van der Waals surface area (Å²) in [4.78, 5) is 10.2. The van der Waals surface area contributed by atoms with Gasteiger partial charge >= 0.3 is 0 Å². The summed E-state index contributed by atoms with van der Waals surface area (Å²) in [7, 11) is 0. The number of hydrogen-bond acceptors (Lipinski definition) is 3. The van der Waals surface area contributed by atoms with E-state index >= 15 is 0 Å². The summed E-state index contributed by atoms with van der Waals surface area (Å²) in [5.41, 5.74) is 17.2. The number of anilines is 6. The third kappa shape index (κ3) is 7.07. The van der Waals surface area contributed by atoms with E-state index < -0.39 is 0 Å². The predicted octanol–water partition coefficient (Wildman–Crippen LogP) is 15.3. The van der Waals surface area contributed by atoms with Crippen molar-refractivity contribution in [3.05, 3.63) is 209 Å². The number of halogens is 1. The summed E-state index contributed by atoms with van der Waals surface area (Å²) in [6, 6.07) is 64.0. The fourth-order valence-electron chi connectivity index (χ4n) is 8.15. The Kier molecular flexibility index (Phi) is 9.60. The van der Waals surface area contributed by atoms with Crippen LogP contribution in [0.1, 0.15) is 43.0 Å². The first-order valence-electron chi connectivity index (χ1n) is 19.6. The molecule has 4 heteroatoms. The van der Waals surface area contributed by atoms with Crippen molar-refractivity contribution >= 4 is 50.2 Å². The van der Waals surface area contributed by atoms with Crippen molar-refractivity contribution in [1.29, 1.82) is 0 Å². The lowest BCUT2D eigenvalue weighted by atomic mass is 9.86. The van der Waals surface area contributed by atoms with Crippen molar-refractivity contribution in [3.8, 4) is 33.4 Å². The molecular weight excluding hydrogens is 759 g/mol. The second-order valence-electron chi connectivity index (χ2n) is 15.9. The molecule has 9 rings (SSSR count). The highest BCUT2D eigenvalue weighted by atomic mass is 79.9. The molecule has 0 radical (unpaired) electrons. The molecule has 1 aliphatic rings. The van der Waals surface area contributed by atoms with Gasteiger partial charge in [0, 0.05) is 44.2 Å². The molecule has 0 atom stereocenters. The topological polar surface area (TPSA) is 19.4 Å².